The third kappa shape index (κ3) is 5.06. The molecule has 10 heteroatoms. The number of esters is 2. The van der Waals surface area contributed by atoms with E-state index in [0.29, 0.717) is 33.8 Å². The minimum absolute atomic E-state index is 0.200. The van der Waals surface area contributed by atoms with Crippen molar-refractivity contribution < 1.29 is 23.9 Å². The van der Waals surface area contributed by atoms with Crippen LogP contribution in [0.5, 0.6) is 0 Å². The molecular weight excluding hydrogens is 456 g/mol. The molecule has 1 unspecified atom stereocenters. The zero-order chi connectivity index (χ0) is 24.8. The van der Waals surface area contributed by atoms with Crippen LogP contribution in [-0.4, -0.2) is 48.6 Å². The number of dihydropyridines is 1. The highest BCUT2D eigenvalue weighted by molar-refractivity contribution is 8.03. The number of hydrogen-bond acceptors (Lipinski definition) is 8. The summed E-state index contributed by atoms with van der Waals surface area (Å²) in [4.78, 5) is 40.0. The van der Waals surface area contributed by atoms with Crippen molar-refractivity contribution in [2.24, 2.45) is 0 Å². The predicted molar refractivity (Wildman–Crippen MR) is 131 cm³/mol. The maximum Gasteiger partial charge on any atom is 0.336 e. The lowest BCUT2D eigenvalue weighted by atomic mass is 9.79. The Labute approximate surface area is 203 Å². The highest BCUT2D eigenvalue weighted by Crippen LogP contribution is 2.42. The Morgan fingerprint density at radius 3 is 2.18 bits per heavy atom. The van der Waals surface area contributed by atoms with E-state index in [4.69, 9.17) is 9.47 Å². The molecule has 2 amide bonds. The number of thioether (sulfide) groups is 1. The van der Waals surface area contributed by atoms with Gasteiger partial charge in [-0.25, -0.2) is 14.4 Å². The number of allylic oxidation sites excluding steroid dienone is 2. The van der Waals surface area contributed by atoms with Gasteiger partial charge >= 0.3 is 18.0 Å². The monoisotopic (exact) mass is 486 g/mol. The zero-order valence-corrected chi connectivity index (χ0v) is 20.7. The topological polar surface area (TPSA) is 109 Å². The normalized spacial score (nSPS) is 18.0. The van der Waals surface area contributed by atoms with Crippen molar-refractivity contribution in [2.45, 2.75) is 39.1 Å². The highest BCUT2D eigenvalue weighted by atomic mass is 32.2. The standard InChI is InChI=1S/C24H30N4O5S/c1-6-32-21(29)18-14(3)26-15(4)19(22(30)33-7-2)20(18)16-10-8-9-11-17(16)27-24-28(12-13-34-24)23(31)25-5/h8-13,20,24,26-27H,6-7H2,1-5H3,(H,25,31). The first-order chi connectivity index (χ1) is 16.3. The summed E-state index contributed by atoms with van der Waals surface area (Å²) in [6.07, 6.45) is 1.69. The van der Waals surface area contributed by atoms with Gasteiger partial charge < -0.3 is 25.4 Å². The molecule has 0 saturated heterocycles. The molecule has 0 aromatic heterocycles. The number of carbonyl (C=O) groups is 3. The summed E-state index contributed by atoms with van der Waals surface area (Å²) in [5.41, 5.74) is 2.84. The Morgan fingerprint density at radius 1 is 1.03 bits per heavy atom. The number of benzene rings is 1. The molecule has 0 bridgehead atoms. The van der Waals surface area contributed by atoms with Crippen molar-refractivity contribution in [1.82, 2.24) is 15.5 Å². The summed E-state index contributed by atoms with van der Waals surface area (Å²) in [6.45, 7) is 7.44. The molecule has 2 heterocycles. The number of nitrogens with zero attached hydrogens (tertiary/aromatic N) is 1. The second-order valence-electron chi connectivity index (χ2n) is 7.54. The fourth-order valence-corrected chi connectivity index (χ4v) is 4.85. The third-order valence-corrected chi connectivity index (χ3v) is 6.31. The fraction of sp³-hybridized carbons (Fsp3) is 0.375. The van der Waals surface area contributed by atoms with Gasteiger partial charge in [0, 0.05) is 30.3 Å². The van der Waals surface area contributed by atoms with Crippen molar-refractivity contribution >= 4 is 35.4 Å². The van der Waals surface area contributed by atoms with Gasteiger partial charge in [-0.05, 0) is 44.7 Å². The Kier molecular flexibility index (Phi) is 8.27. The molecule has 3 rings (SSSR count). The first-order valence-electron chi connectivity index (χ1n) is 11.0. The second-order valence-corrected chi connectivity index (χ2v) is 8.53. The van der Waals surface area contributed by atoms with Gasteiger partial charge in [0.05, 0.1) is 30.3 Å². The minimum atomic E-state index is -0.726. The van der Waals surface area contributed by atoms with E-state index in [2.05, 4.69) is 16.0 Å². The van der Waals surface area contributed by atoms with Gasteiger partial charge in [-0.1, -0.05) is 30.0 Å². The molecule has 2 aliphatic rings. The van der Waals surface area contributed by atoms with Gasteiger partial charge in [-0.3, -0.25) is 4.90 Å². The average molecular weight is 487 g/mol. The number of hydrogen-bond donors (Lipinski definition) is 3. The van der Waals surface area contributed by atoms with Gasteiger partial charge in [0.1, 0.15) is 0 Å². The Bertz CT molecular complexity index is 1030. The van der Waals surface area contributed by atoms with Crippen LogP contribution in [0.4, 0.5) is 10.5 Å². The van der Waals surface area contributed by atoms with Crippen LogP contribution in [0.15, 0.2) is 58.4 Å². The molecule has 1 aromatic carbocycles. The van der Waals surface area contributed by atoms with E-state index in [1.807, 2.05) is 29.7 Å². The smallest absolute Gasteiger partial charge is 0.336 e. The number of anilines is 1. The van der Waals surface area contributed by atoms with Gasteiger partial charge in [-0.15, -0.1) is 0 Å². The minimum Gasteiger partial charge on any atom is -0.463 e. The molecule has 0 saturated carbocycles. The quantitative estimate of drug-likeness (QED) is 0.502. The van der Waals surface area contributed by atoms with Gasteiger partial charge in [0.25, 0.3) is 0 Å². The van der Waals surface area contributed by atoms with Crippen molar-refractivity contribution in [3.05, 3.63) is 64.0 Å². The van der Waals surface area contributed by atoms with E-state index in [-0.39, 0.29) is 19.2 Å². The van der Waals surface area contributed by atoms with Crippen LogP contribution in [0.1, 0.15) is 39.2 Å². The van der Waals surface area contributed by atoms with Crippen LogP contribution in [0.25, 0.3) is 0 Å². The highest BCUT2D eigenvalue weighted by Gasteiger charge is 2.39. The summed E-state index contributed by atoms with van der Waals surface area (Å²) >= 11 is 1.43. The largest absolute Gasteiger partial charge is 0.463 e. The number of rotatable bonds is 7. The van der Waals surface area contributed by atoms with E-state index in [9.17, 15) is 14.4 Å². The molecule has 34 heavy (non-hydrogen) atoms. The Balaban J connectivity index is 2.11. The third-order valence-electron chi connectivity index (χ3n) is 5.43. The molecule has 1 atom stereocenters. The lowest BCUT2D eigenvalue weighted by Crippen LogP contribution is -2.41. The first-order valence-corrected chi connectivity index (χ1v) is 12.0. The SMILES string of the molecule is CCOC(=O)C1=C(C)NC(C)=C(C(=O)OCC)C1c1ccccc1NC1SC=CN1C(=O)NC. The van der Waals surface area contributed by atoms with E-state index >= 15 is 0 Å². The summed E-state index contributed by atoms with van der Waals surface area (Å²) in [6, 6.07) is 7.15. The second kappa shape index (κ2) is 11.1. The van der Waals surface area contributed by atoms with Crippen LogP contribution < -0.4 is 16.0 Å². The molecule has 1 aromatic rings. The van der Waals surface area contributed by atoms with Crippen molar-refractivity contribution in [3.63, 3.8) is 0 Å². The van der Waals surface area contributed by atoms with Gasteiger partial charge in [-0.2, -0.15) is 0 Å². The predicted octanol–water partition coefficient (Wildman–Crippen LogP) is 3.60. The molecule has 0 fully saturated rings. The molecule has 3 N–H and O–H groups in total. The number of para-hydroxylation sites is 1. The summed E-state index contributed by atoms with van der Waals surface area (Å²) in [7, 11) is 1.57. The van der Waals surface area contributed by atoms with Crippen molar-refractivity contribution in [1.29, 1.82) is 0 Å². The summed E-state index contributed by atoms with van der Waals surface area (Å²) in [5, 5.41) is 11.0. The number of ether oxygens (including phenoxy) is 2. The van der Waals surface area contributed by atoms with Crippen LogP contribution in [0, 0.1) is 0 Å². The maximum absolute atomic E-state index is 13.1. The lowest BCUT2D eigenvalue weighted by molar-refractivity contribution is -0.139. The van der Waals surface area contributed by atoms with Crippen LogP contribution in [0.2, 0.25) is 0 Å². The summed E-state index contributed by atoms with van der Waals surface area (Å²) < 4.78 is 10.7. The number of amides is 2. The van der Waals surface area contributed by atoms with Gasteiger partial charge in [0.15, 0.2) is 5.50 Å². The molecule has 0 aliphatic carbocycles. The maximum atomic E-state index is 13.1. The molecule has 0 radical (unpaired) electrons. The number of urea groups is 1. The van der Waals surface area contributed by atoms with Crippen molar-refractivity contribution in [2.75, 3.05) is 25.6 Å². The van der Waals surface area contributed by atoms with E-state index in [1.54, 1.807) is 40.9 Å². The number of nitrogens with one attached hydrogen (secondary N) is 3. The van der Waals surface area contributed by atoms with E-state index in [0.717, 1.165) is 0 Å². The van der Waals surface area contributed by atoms with Crippen molar-refractivity contribution in [3.8, 4) is 0 Å². The van der Waals surface area contributed by atoms with E-state index < -0.39 is 23.4 Å². The lowest BCUT2D eigenvalue weighted by Gasteiger charge is -2.32. The number of carbonyl (C=O) groups excluding carboxylic acids is 3. The molecule has 9 nitrogen and oxygen atoms in total. The van der Waals surface area contributed by atoms with Gasteiger partial charge in [0.2, 0.25) is 0 Å². The Hall–Kier alpha value is -3.40. The first kappa shape index (κ1) is 25.2. The molecule has 182 valence electrons. The molecular formula is C24H30N4O5S. The van der Waals surface area contributed by atoms with Crippen LogP contribution in [-0.2, 0) is 19.1 Å². The van der Waals surface area contributed by atoms with Crippen LogP contribution >= 0.6 is 11.8 Å². The van der Waals surface area contributed by atoms with E-state index in [1.165, 1.54) is 16.7 Å². The molecule has 2 aliphatic heterocycles. The summed E-state index contributed by atoms with van der Waals surface area (Å²) in [5.74, 6) is -1.74. The fourth-order valence-electron chi connectivity index (χ4n) is 4.00. The zero-order valence-electron chi connectivity index (χ0n) is 19.9. The molecule has 0 spiro atoms. The van der Waals surface area contributed by atoms with Crippen LogP contribution in [0.3, 0.4) is 0 Å². The average Bonchev–Trinajstić information content (AvgIpc) is 3.26. The Morgan fingerprint density at radius 2 is 1.62 bits per heavy atom.